The number of amides is 3. The molecule has 0 bridgehead atoms. The zero-order valence-electron chi connectivity index (χ0n) is 15.3. The highest BCUT2D eigenvalue weighted by Crippen LogP contribution is 2.31. The van der Waals surface area contributed by atoms with Crippen LogP contribution in [0.4, 0.5) is 10.5 Å². The van der Waals surface area contributed by atoms with Crippen LogP contribution in [0.3, 0.4) is 0 Å². The van der Waals surface area contributed by atoms with Gasteiger partial charge in [-0.15, -0.1) is 0 Å². The van der Waals surface area contributed by atoms with Crippen molar-refractivity contribution in [1.29, 1.82) is 0 Å². The predicted octanol–water partition coefficient (Wildman–Crippen LogP) is 2.37. The summed E-state index contributed by atoms with van der Waals surface area (Å²) in [4.78, 5) is 27.6. The van der Waals surface area contributed by atoms with Gasteiger partial charge >= 0.3 is 6.03 Å². The fourth-order valence-electron chi connectivity index (χ4n) is 3.98. The number of fused-ring (bicyclic) bond motifs is 1. The van der Waals surface area contributed by atoms with Crippen LogP contribution in [-0.2, 0) is 4.79 Å². The van der Waals surface area contributed by atoms with Crippen molar-refractivity contribution in [2.75, 3.05) is 24.5 Å². The molecule has 0 spiro atoms. The minimum atomic E-state index is -0.374. The van der Waals surface area contributed by atoms with E-state index in [9.17, 15) is 9.59 Å². The first-order valence-electron chi connectivity index (χ1n) is 9.35. The number of urea groups is 1. The Balaban J connectivity index is 1.54. The normalized spacial score (nSPS) is 20.2. The summed E-state index contributed by atoms with van der Waals surface area (Å²) in [6.45, 7) is 7.16. The van der Waals surface area contributed by atoms with Crippen LogP contribution in [0, 0.1) is 0 Å². The third-order valence-electron chi connectivity index (χ3n) is 5.59. The highest BCUT2D eigenvalue weighted by molar-refractivity contribution is 6.07. The van der Waals surface area contributed by atoms with E-state index in [1.807, 2.05) is 10.6 Å². The predicted molar refractivity (Wildman–Crippen MR) is 99.4 cm³/mol. The van der Waals surface area contributed by atoms with Crippen LogP contribution in [-0.4, -0.2) is 52.1 Å². The van der Waals surface area contributed by atoms with E-state index in [-0.39, 0.29) is 11.9 Å². The van der Waals surface area contributed by atoms with Crippen LogP contribution >= 0.6 is 0 Å². The molecule has 4 heterocycles. The molecule has 0 unspecified atom stereocenters. The lowest BCUT2D eigenvalue weighted by atomic mass is 9.90. The fourth-order valence-corrected chi connectivity index (χ4v) is 3.98. The quantitative estimate of drug-likeness (QED) is 0.918. The van der Waals surface area contributed by atoms with Crippen molar-refractivity contribution in [3.05, 3.63) is 30.1 Å². The van der Waals surface area contributed by atoms with Gasteiger partial charge in [0.05, 0.1) is 17.4 Å². The third-order valence-corrected chi connectivity index (χ3v) is 5.59. The first-order chi connectivity index (χ1) is 12.5. The molecule has 2 aromatic heterocycles. The number of nitrogens with one attached hydrogen (secondary N) is 1. The monoisotopic (exact) mass is 355 g/mol. The van der Waals surface area contributed by atoms with Crippen molar-refractivity contribution in [2.24, 2.45) is 0 Å². The highest BCUT2D eigenvalue weighted by atomic mass is 16.2. The summed E-state index contributed by atoms with van der Waals surface area (Å²) in [5, 5.41) is 6.81. The first-order valence-corrected chi connectivity index (χ1v) is 9.35. The average Bonchev–Trinajstić information content (AvgIpc) is 3.05. The topological polar surface area (TPSA) is 69.9 Å². The number of nitrogens with zero attached hydrogens (tertiary/aromatic N) is 4. The zero-order valence-corrected chi connectivity index (χ0v) is 15.3. The summed E-state index contributed by atoms with van der Waals surface area (Å²) >= 11 is 0. The van der Waals surface area contributed by atoms with Crippen molar-refractivity contribution in [2.45, 2.75) is 45.1 Å². The second kappa shape index (κ2) is 6.72. The van der Waals surface area contributed by atoms with Gasteiger partial charge in [-0.2, -0.15) is 5.10 Å². The Kier molecular flexibility index (Phi) is 4.40. The Hall–Kier alpha value is -2.41. The molecule has 3 amide bonds. The minimum Gasteiger partial charge on any atom is -0.301 e. The van der Waals surface area contributed by atoms with Crippen molar-refractivity contribution in [1.82, 2.24) is 19.8 Å². The van der Waals surface area contributed by atoms with E-state index < -0.39 is 0 Å². The molecule has 1 N–H and O–H groups in total. The Morgan fingerprint density at radius 3 is 2.62 bits per heavy atom. The van der Waals surface area contributed by atoms with E-state index in [2.05, 4.69) is 41.4 Å². The van der Waals surface area contributed by atoms with E-state index in [0.717, 1.165) is 37.1 Å². The summed E-state index contributed by atoms with van der Waals surface area (Å²) in [5.74, 6) is 0.329. The van der Waals surface area contributed by atoms with Crippen LogP contribution in [0.2, 0.25) is 0 Å². The molecule has 0 radical (unpaired) electrons. The Morgan fingerprint density at radius 2 is 1.92 bits per heavy atom. The van der Waals surface area contributed by atoms with Crippen LogP contribution < -0.4 is 10.2 Å². The lowest BCUT2D eigenvalue weighted by molar-refractivity contribution is -0.120. The molecule has 2 aliphatic rings. The molecule has 0 aliphatic carbocycles. The number of likely N-dealkylation sites (tertiary alicyclic amines) is 1. The van der Waals surface area contributed by atoms with Gasteiger partial charge in [0.1, 0.15) is 0 Å². The summed E-state index contributed by atoms with van der Waals surface area (Å²) < 4.78 is 1.85. The molecule has 0 aromatic carbocycles. The number of carbonyl (C=O) groups excluding carboxylic acids is 2. The van der Waals surface area contributed by atoms with E-state index in [1.165, 1.54) is 5.56 Å². The molecule has 0 saturated carbocycles. The maximum absolute atomic E-state index is 12.1. The smallest absolute Gasteiger partial charge is 0.301 e. The molecular formula is C19H25N5O2. The minimum absolute atomic E-state index is 0.224. The van der Waals surface area contributed by atoms with Gasteiger partial charge < -0.3 is 4.90 Å². The largest absolute Gasteiger partial charge is 0.328 e. The van der Waals surface area contributed by atoms with Crippen molar-refractivity contribution >= 4 is 23.1 Å². The molecule has 2 aromatic rings. The number of aromatic nitrogens is 2. The molecule has 2 fully saturated rings. The van der Waals surface area contributed by atoms with E-state index >= 15 is 0 Å². The molecule has 7 nitrogen and oxygen atoms in total. The molecule has 138 valence electrons. The van der Waals surface area contributed by atoms with Gasteiger partial charge in [-0.1, -0.05) is 6.07 Å². The number of pyridine rings is 1. The van der Waals surface area contributed by atoms with Crippen molar-refractivity contribution < 1.29 is 9.59 Å². The third kappa shape index (κ3) is 3.07. The highest BCUT2D eigenvalue weighted by Gasteiger charge is 2.27. The van der Waals surface area contributed by atoms with Crippen LogP contribution in [0.1, 0.15) is 44.6 Å². The SMILES string of the molecule is CC(C)N1CCC(c2ccc3c(N4CCC(=O)NC4=O)cnn3c2)CC1. The maximum atomic E-state index is 12.1. The van der Waals surface area contributed by atoms with Crippen LogP contribution in [0.5, 0.6) is 0 Å². The van der Waals surface area contributed by atoms with Gasteiger partial charge in [0, 0.05) is 25.2 Å². The molecule has 0 atom stereocenters. The second-order valence-corrected chi connectivity index (χ2v) is 7.48. The maximum Gasteiger partial charge on any atom is 0.328 e. The number of hydrogen-bond acceptors (Lipinski definition) is 4. The average molecular weight is 355 g/mol. The summed E-state index contributed by atoms with van der Waals surface area (Å²) in [6.07, 6.45) is 6.43. The summed E-state index contributed by atoms with van der Waals surface area (Å²) in [6, 6.07) is 4.43. The Labute approximate surface area is 152 Å². The number of hydrogen-bond donors (Lipinski definition) is 1. The number of anilines is 1. The van der Waals surface area contributed by atoms with Crippen molar-refractivity contribution in [3.63, 3.8) is 0 Å². The van der Waals surface area contributed by atoms with Gasteiger partial charge in [0.2, 0.25) is 5.91 Å². The van der Waals surface area contributed by atoms with E-state index in [4.69, 9.17) is 0 Å². The zero-order chi connectivity index (χ0) is 18.3. The molecule has 26 heavy (non-hydrogen) atoms. The lowest BCUT2D eigenvalue weighted by Crippen LogP contribution is -2.49. The molecule has 2 saturated heterocycles. The number of carbonyl (C=O) groups is 2. The van der Waals surface area contributed by atoms with E-state index in [1.54, 1.807) is 11.1 Å². The summed E-state index contributed by atoms with van der Waals surface area (Å²) in [7, 11) is 0. The number of imide groups is 1. The van der Waals surface area contributed by atoms with Gasteiger partial charge in [0.25, 0.3) is 0 Å². The number of rotatable bonds is 3. The summed E-state index contributed by atoms with van der Waals surface area (Å²) in [5.41, 5.74) is 2.93. The first kappa shape index (κ1) is 17.0. The lowest BCUT2D eigenvalue weighted by Gasteiger charge is -2.34. The van der Waals surface area contributed by atoms with Crippen LogP contribution in [0.15, 0.2) is 24.5 Å². The van der Waals surface area contributed by atoms with Gasteiger partial charge in [-0.3, -0.25) is 15.0 Å². The molecular weight excluding hydrogens is 330 g/mol. The standard InChI is InChI=1S/C19H25N5O2/c1-13(2)22-8-5-14(6-9-22)15-3-4-16-17(11-20-24(16)12-15)23-10-7-18(25)21-19(23)26/h3-4,11-14H,5-10H2,1-2H3,(H,21,25,26). The van der Waals surface area contributed by atoms with Gasteiger partial charge in [-0.05, 0) is 57.3 Å². The van der Waals surface area contributed by atoms with Crippen molar-refractivity contribution in [3.8, 4) is 0 Å². The Morgan fingerprint density at radius 1 is 1.15 bits per heavy atom. The molecule has 4 rings (SSSR count). The van der Waals surface area contributed by atoms with Gasteiger partial charge in [-0.25, -0.2) is 9.31 Å². The molecule has 7 heteroatoms. The van der Waals surface area contributed by atoms with E-state index in [0.29, 0.717) is 24.9 Å². The fraction of sp³-hybridized carbons (Fsp3) is 0.526. The van der Waals surface area contributed by atoms with Crippen LogP contribution in [0.25, 0.3) is 5.52 Å². The Bertz CT molecular complexity index is 836. The number of piperidine rings is 1. The van der Waals surface area contributed by atoms with Gasteiger partial charge in [0.15, 0.2) is 0 Å². The second-order valence-electron chi connectivity index (χ2n) is 7.48. The molecule has 2 aliphatic heterocycles.